The third-order valence-electron chi connectivity index (χ3n) is 2.34. The minimum atomic E-state index is 1.15. The zero-order chi connectivity index (χ0) is 11.5. The Morgan fingerprint density at radius 1 is 0.938 bits per heavy atom. The van der Waals surface area contributed by atoms with Gasteiger partial charge in [0, 0.05) is 0 Å². The molecule has 0 fully saturated rings. The number of allylic oxidation sites excluding steroid dienone is 6. The molecule has 1 rings (SSSR count). The molecular formula is C16H20. The molecule has 0 heteroatoms. The van der Waals surface area contributed by atoms with Crippen LogP contribution in [-0.4, -0.2) is 0 Å². The molecule has 0 amide bonds. The van der Waals surface area contributed by atoms with Crippen molar-refractivity contribution in [2.24, 2.45) is 0 Å². The van der Waals surface area contributed by atoms with E-state index in [1.165, 1.54) is 18.4 Å². The Hall–Kier alpha value is -1.56. The van der Waals surface area contributed by atoms with E-state index in [9.17, 15) is 0 Å². The average Bonchev–Trinajstić information content (AvgIpc) is 2.34. The maximum Gasteiger partial charge on any atom is -0.0276 e. The van der Waals surface area contributed by atoms with Crippen LogP contribution in [-0.2, 0) is 6.42 Å². The normalized spacial score (nSPS) is 12.1. The van der Waals surface area contributed by atoms with Crippen LogP contribution in [0.1, 0.15) is 25.3 Å². The second-order valence-corrected chi connectivity index (χ2v) is 3.72. The van der Waals surface area contributed by atoms with Crippen molar-refractivity contribution in [2.45, 2.75) is 26.2 Å². The Morgan fingerprint density at radius 3 is 2.44 bits per heavy atom. The molecule has 0 radical (unpaired) electrons. The van der Waals surface area contributed by atoms with E-state index in [0.717, 1.165) is 6.42 Å². The van der Waals surface area contributed by atoms with Crippen LogP contribution in [0.5, 0.6) is 0 Å². The molecule has 0 aromatic heterocycles. The van der Waals surface area contributed by atoms with Crippen molar-refractivity contribution in [1.29, 1.82) is 0 Å². The van der Waals surface area contributed by atoms with Crippen LogP contribution >= 0.6 is 0 Å². The number of rotatable bonds is 6. The Kier molecular flexibility index (Phi) is 6.82. The van der Waals surface area contributed by atoms with Gasteiger partial charge in [-0.15, -0.1) is 0 Å². The fourth-order valence-electron chi connectivity index (χ4n) is 1.48. The molecule has 0 heterocycles. The Bertz CT molecular complexity index is 342. The summed E-state index contributed by atoms with van der Waals surface area (Å²) in [6.45, 7) is 2.02. The maximum absolute atomic E-state index is 2.23. The van der Waals surface area contributed by atoms with Crippen LogP contribution in [0, 0.1) is 0 Å². The summed E-state index contributed by atoms with van der Waals surface area (Å²) >= 11 is 0. The first-order valence-corrected chi connectivity index (χ1v) is 5.92. The van der Waals surface area contributed by atoms with Gasteiger partial charge in [0.2, 0.25) is 0 Å². The van der Waals surface area contributed by atoms with E-state index in [2.05, 4.69) is 48.6 Å². The summed E-state index contributed by atoms with van der Waals surface area (Å²) in [5.41, 5.74) is 1.43. The first kappa shape index (κ1) is 12.5. The molecule has 0 nitrogen and oxygen atoms in total. The van der Waals surface area contributed by atoms with Crippen LogP contribution in [0.15, 0.2) is 66.8 Å². The molecular weight excluding hydrogens is 192 g/mol. The Morgan fingerprint density at radius 2 is 1.69 bits per heavy atom. The van der Waals surface area contributed by atoms with Crippen molar-refractivity contribution in [3.8, 4) is 0 Å². The lowest BCUT2D eigenvalue weighted by molar-refractivity contribution is 0.843. The molecule has 0 bridgehead atoms. The molecule has 0 aliphatic heterocycles. The van der Waals surface area contributed by atoms with E-state index in [1.807, 2.05) is 25.2 Å². The molecule has 0 atom stereocenters. The van der Waals surface area contributed by atoms with Crippen LogP contribution in [0.2, 0.25) is 0 Å². The van der Waals surface area contributed by atoms with E-state index in [4.69, 9.17) is 0 Å². The minimum absolute atomic E-state index is 1.15. The predicted octanol–water partition coefficient (Wildman–Crippen LogP) is 4.70. The second-order valence-electron chi connectivity index (χ2n) is 3.72. The van der Waals surface area contributed by atoms with Gasteiger partial charge in [0.25, 0.3) is 0 Å². The highest BCUT2D eigenvalue weighted by Crippen LogP contribution is 2.04. The zero-order valence-corrected chi connectivity index (χ0v) is 9.97. The first-order valence-electron chi connectivity index (χ1n) is 5.92. The summed E-state index contributed by atoms with van der Waals surface area (Å²) in [5.74, 6) is 0. The standard InChI is InChI=1S/C16H20/c1-2-3-4-5-6-7-8-10-13-16-14-11-9-12-15-16/h2-7,9,11-12,14-15H,8,10,13H2,1H3/b3-2-,5-4-,7-6+. The van der Waals surface area contributed by atoms with Gasteiger partial charge in [0.15, 0.2) is 0 Å². The van der Waals surface area contributed by atoms with E-state index in [0.29, 0.717) is 0 Å². The van der Waals surface area contributed by atoms with Gasteiger partial charge < -0.3 is 0 Å². The van der Waals surface area contributed by atoms with Gasteiger partial charge in [0.1, 0.15) is 0 Å². The van der Waals surface area contributed by atoms with Crippen molar-refractivity contribution < 1.29 is 0 Å². The summed E-state index contributed by atoms with van der Waals surface area (Å²) in [4.78, 5) is 0. The molecule has 0 N–H and O–H groups in total. The van der Waals surface area contributed by atoms with Crippen LogP contribution in [0.25, 0.3) is 0 Å². The van der Waals surface area contributed by atoms with Crippen molar-refractivity contribution >= 4 is 0 Å². The monoisotopic (exact) mass is 212 g/mol. The van der Waals surface area contributed by atoms with Crippen molar-refractivity contribution in [1.82, 2.24) is 0 Å². The summed E-state index contributed by atoms with van der Waals surface area (Å²) in [5, 5.41) is 0. The lowest BCUT2D eigenvalue weighted by Gasteiger charge is -1.97. The lowest BCUT2D eigenvalue weighted by Crippen LogP contribution is -1.82. The summed E-state index contributed by atoms with van der Waals surface area (Å²) in [6.07, 6.45) is 16.1. The highest BCUT2D eigenvalue weighted by molar-refractivity contribution is 5.15. The first-order chi connectivity index (χ1) is 7.93. The molecule has 1 aromatic rings. The molecule has 0 saturated carbocycles. The van der Waals surface area contributed by atoms with Crippen LogP contribution in [0.3, 0.4) is 0 Å². The number of unbranched alkanes of at least 4 members (excludes halogenated alkanes) is 1. The molecule has 0 aliphatic carbocycles. The molecule has 0 spiro atoms. The summed E-state index contributed by atoms with van der Waals surface area (Å²) < 4.78 is 0. The van der Waals surface area contributed by atoms with Crippen molar-refractivity contribution in [3.63, 3.8) is 0 Å². The quantitative estimate of drug-likeness (QED) is 0.473. The Balaban J connectivity index is 2.12. The lowest BCUT2D eigenvalue weighted by atomic mass is 10.1. The Labute approximate surface area is 99.0 Å². The minimum Gasteiger partial charge on any atom is -0.0877 e. The SMILES string of the molecule is C\C=C/C=C\C=C\CCCc1ccccc1. The van der Waals surface area contributed by atoms with Gasteiger partial charge in [-0.1, -0.05) is 66.8 Å². The van der Waals surface area contributed by atoms with Crippen LogP contribution in [0.4, 0.5) is 0 Å². The number of aryl methyl sites for hydroxylation is 1. The van der Waals surface area contributed by atoms with Gasteiger partial charge in [0.05, 0.1) is 0 Å². The predicted molar refractivity (Wildman–Crippen MR) is 72.5 cm³/mol. The number of hydrogen-bond acceptors (Lipinski definition) is 0. The molecule has 84 valence electrons. The number of hydrogen-bond donors (Lipinski definition) is 0. The highest BCUT2D eigenvalue weighted by Gasteiger charge is 1.88. The van der Waals surface area contributed by atoms with Gasteiger partial charge in [-0.25, -0.2) is 0 Å². The van der Waals surface area contributed by atoms with Gasteiger partial charge in [-0.2, -0.15) is 0 Å². The second kappa shape index (κ2) is 8.72. The van der Waals surface area contributed by atoms with E-state index in [1.54, 1.807) is 0 Å². The van der Waals surface area contributed by atoms with E-state index in [-0.39, 0.29) is 0 Å². The maximum atomic E-state index is 2.23. The average molecular weight is 212 g/mol. The molecule has 0 unspecified atom stereocenters. The van der Waals surface area contributed by atoms with Gasteiger partial charge in [-0.05, 0) is 31.7 Å². The topological polar surface area (TPSA) is 0 Å². The summed E-state index contributed by atoms with van der Waals surface area (Å²) in [6, 6.07) is 10.6. The smallest absolute Gasteiger partial charge is 0.0276 e. The molecule has 0 aliphatic rings. The molecule has 16 heavy (non-hydrogen) atoms. The van der Waals surface area contributed by atoms with Gasteiger partial charge >= 0.3 is 0 Å². The summed E-state index contributed by atoms with van der Waals surface area (Å²) in [7, 11) is 0. The van der Waals surface area contributed by atoms with E-state index >= 15 is 0 Å². The van der Waals surface area contributed by atoms with Crippen LogP contribution < -0.4 is 0 Å². The van der Waals surface area contributed by atoms with Crippen molar-refractivity contribution in [3.05, 3.63) is 72.4 Å². The number of benzene rings is 1. The zero-order valence-electron chi connectivity index (χ0n) is 9.97. The highest BCUT2D eigenvalue weighted by atomic mass is 13.9. The molecule has 1 aromatic carbocycles. The fraction of sp³-hybridized carbons (Fsp3) is 0.250. The van der Waals surface area contributed by atoms with Gasteiger partial charge in [-0.3, -0.25) is 0 Å². The van der Waals surface area contributed by atoms with Crippen molar-refractivity contribution in [2.75, 3.05) is 0 Å². The molecule has 0 saturated heterocycles. The third-order valence-corrected chi connectivity index (χ3v) is 2.34. The van der Waals surface area contributed by atoms with E-state index < -0.39 is 0 Å². The largest absolute Gasteiger partial charge is 0.0877 e. The third kappa shape index (κ3) is 6.02. The fourth-order valence-corrected chi connectivity index (χ4v) is 1.48.